The van der Waals surface area contributed by atoms with Crippen molar-refractivity contribution in [2.75, 3.05) is 19.8 Å². The summed E-state index contributed by atoms with van der Waals surface area (Å²) in [4.78, 5) is 0. The fourth-order valence-electron chi connectivity index (χ4n) is 2.31. The Morgan fingerprint density at radius 1 is 1.41 bits per heavy atom. The standard InChI is InChI=1S/C14H29NO2/c1-6-17-14(4,5)10-15-12-7-8-16-13(9-12)11(2)3/h11-13,15H,6-10H2,1-5H3. The second kappa shape index (κ2) is 6.72. The van der Waals surface area contributed by atoms with E-state index in [0.29, 0.717) is 18.1 Å². The first-order chi connectivity index (χ1) is 7.94. The van der Waals surface area contributed by atoms with E-state index in [1.807, 2.05) is 6.92 Å². The SMILES string of the molecule is CCOC(C)(C)CNC1CCOC(C(C)C)C1. The highest BCUT2D eigenvalue weighted by Gasteiger charge is 2.26. The zero-order chi connectivity index (χ0) is 12.9. The van der Waals surface area contributed by atoms with Crippen molar-refractivity contribution in [1.29, 1.82) is 0 Å². The molecule has 3 nitrogen and oxygen atoms in total. The second-order valence-corrected chi connectivity index (χ2v) is 5.95. The number of rotatable bonds is 6. The van der Waals surface area contributed by atoms with Crippen LogP contribution >= 0.6 is 0 Å². The normalized spacial score (nSPS) is 26.5. The molecule has 0 saturated carbocycles. The Kier molecular flexibility index (Phi) is 5.90. The van der Waals surface area contributed by atoms with Gasteiger partial charge in [0.15, 0.2) is 0 Å². The van der Waals surface area contributed by atoms with Gasteiger partial charge in [-0.1, -0.05) is 13.8 Å². The van der Waals surface area contributed by atoms with E-state index in [1.165, 1.54) is 0 Å². The van der Waals surface area contributed by atoms with Crippen LogP contribution in [0.5, 0.6) is 0 Å². The zero-order valence-corrected chi connectivity index (χ0v) is 12.1. The van der Waals surface area contributed by atoms with Gasteiger partial charge in [-0.2, -0.15) is 0 Å². The molecular formula is C14H29NO2. The van der Waals surface area contributed by atoms with Crippen LogP contribution in [0.15, 0.2) is 0 Å². The van der Waals surface area contributed by atoms with Gasteiger partial charge in [0.1, 0.15) is 0 Å². The number of nitrogens with one attached hydrogen (secondary N) is 1. The molecule has 1 fully saturated rings. The van der Waals surface area contributed by atoms with E-state index in [0.717, 1.165) is 32.6 Å². The van der Waals surface area contributed by atoms with Crippen molar-refractivity contribution >= 4 is 0 Å². The first kappa shape index (κ1) is 14.9. The van der Waals surface area contributed by atoms with Crippen LogP contribution < -0.4 is 5.32 Å². The van der Waals surface area contributed by atoms with E-state index >= 15 is 0 Å². The highest BCUT2D eigenvalue weighted by Crippen LogP contribution is 2.20. The van der Waals surface area contributed by atoms with Gasteiger partial charge >= 0.3 is 0 Å². The van der Waals surface area contributed by atoms with E-state index in [4.69, 9.17) is 9.47 Å². The molecule has 1 heterocycles. The van der Waals surface area contributed by atoms with Crippen LogP contribution in [0.3, 0.4) is 0 Å². The summed E-state index contributed by atoms with van der Waals surface area (Å²) in [6, 6.07) is 0.580. The van der Waals surface area contributed by atoms with E-state index in [1.54, 1.807) is 0 Å². The van der Waals surface area contributed by atoms with Crippen molar-refractivity contribution in [3.63, 3.8) is 0 Å². The molecule has 17 heavy (non-hydrogen) atoms. The largest absolute Gasteiger partial charge is 0.378 e. The fourth-order valence-corrected chi connectivity index (χ4v) is 2.31. The number of hydrogen-bond acceptors (Lipinski definition) is 3. The van der Waals surface area contributed by atoms with Crippen LogP contribution in [-0.4, -0.2) is 37.5 Å². The van der Waals surface area contributed by atoms with Crippen LogP contribution in [0.4, 0.5) is 0 Å². The minimum absolute atomic E-state index is 0.0691. The van der Waals surface area contributed by atoms with Crippen LogP contribution in [0.2, 0.25) is 0 Å². The molecule has 1 aliphatic heterocycles. The summed E-state index contributed by atoms with van der Waals surface area (Å²) in [5.41, 5.74) is -0.0691. The molecule has 0 aromatic rings. The van der Waals surface area contributed by atoms with E-state index in [2.05, 4.69) is 33.0 Å². The Bertz CT molecular complexity index is 216. The Hall–Kier alpha value is -0.120. The molecule has 2 atom stereocenters. The third kappa shape index (κ3) is 5.36. The van der Waals surface area contributed by atoms with Crippen molar-refractivity contribution in [3.8, 4) is 0 Å². The van der Waals surface area contributed by atoms with Gasteiger partial charge in [-0.05, 0) is 39.5 Å². The molecule has 0 aromatic carbocycles. The molecule has 0 radical (unpaired) electrons. The summed E-state index contributed by atoms with van der Waals surface area (Å²) >= 11 is 0. The minimum Gasteiger partial charge on any atom is -0.378 e. The molecule has 2 unspecified atom stereocenters. The van der Waals surface area contributed by atoms with Gasteiger partial charge in [0.05, 0.1) is 11.7 Å². The minimum atomic E-state index is -0.0691. The maximum Gasteiger partial charge on any atom is 0.0750 e. The summed E-state index contributed by atoms with van der Waals surface area (Å²) in [7, 11) is 0. The summed E-state index contributed by atoms with van der Waals surface area (Å²) in [6.45, 7) is 13.4. The molecule has 0 aliphatic carbocycles. The van der Waals surface area contributed by atoms with Crippen LogP contribution in [0, 0.1) is 5.92 Å². The molecule has 3 heteroatoms. The zero-order valence-electron chi connectivity index (χ0n) is 12.1. The van der Waals surface area contributed by atoms with Gasteiger partial charge in [-0.15, -0.1) is 0 Å². The Labute approximate surface area is 106 Å². The van der Waals surface area contributed by atoms with E-state index < -0.39 is 0 Å². The summed E-state index contributed by atoms with van der Waals surface area (Å²) < 4.78 is 11.5. The first-order valence-electron chi connectivity index (χ1n) is 6.93. The third-order valence-electron chi connectivity index (χ3n) is 3.41. The average Bonchev–Trinajstić information content (AvgIpc) is 2.27. The Balaban J connectivity index is 2.31. The smallest absolute Gasteiger partial charge is 0.0750 e. The Morgan fingerprint density at radius 2 is 2.12 bits per heavy atom. The molecule has 1 rings (SSSR count). The molecule has 0 aromatic heterocycles. The lowest BCUT2D eigenvalue weighted by Gasteiger charge is -2.34. The van der Waals surface area contributed by atoms with Crippen LogP contribution in [-0.2, 0) is 9.47 Å². The number of hydrogen-bond donors (Lipinski definition) is 1. The summed E-state index contributed by atoms with van der Waals surface area (Å²) in [5.74, 6) is 0.611. The van der Waals surface area contributed by atoms with E-state index in [9.17, 15) is 0 Å². The molecule has 0 amide bonds. The lowest BCUT2D eigenvalue weighted by atomic mass is 9.95. The third-order valence-corrected chi connectivity index (χ3v) is 3.41. The van der Waals surface area contributed by atoms with Crippen LogP contribution in [0.25, 0.3) is 0 Å². The molecule has 1 saturated heterocycles. The Morgan fingerprint density at radius 3 is 2.71 bits per heavy atom. The van der Waals surface area contributed by atoms with Crippen molar-refractivity contribution in [2.24, 2.45) is 5.92 Å². The van der Waals surface area contributed by atoms with Crippen molar-refractivity contribution < 1.29 is 9.47 Å². The maximum atomic E-state index is 5.78. The monoisotopic (exact) mass is 243 g/mol. The highest BCUT2D eigenvalue weighted by atomic mass is 16.5. The summed E-state index contributed by atoms with van der Waals surface area (Å²) in [5, 5.41) is 3.63. The predicted molar refractivity (Wildman–Crippen MR) is 71.3 cm³/mol. The van der Waals surface area contributed by atoms with Gasteiger partial charge in [-0.25, -0.2) is 0 Å². The molecular weight excluding hydrogens is 214 g/mol. The van der Waals surface area contributed by atoms with Gasteiger partial charge in [-0.3, -0.25) is 0 Å². The molecule has 1 N–H and O–H groups in total. The second-order valence-electron chi connectivity index (χ2n) is 5.95. The topological polar surface area (TPSA) is 30.5 Å². The molecule has 1 aliphatic rings. The average molecular weight is 243 g/mol. The first-order valence-corrected chi connectivity index (χ1v) is 6.93. The summed E-state index contributed by atoms with van der Waals surface area (Å²) in [6.07, 6.45) is 2.65. The van der Waals surface area contributed by atoms with Crippen molar-refractivity contribution in [2.45, 2.75) is 65.2 Å². The van der Waals surface area contributed by atoms with Crippen molar-refractivity contribution in [1.82, 2.24) is 5.32 Å². The molecule has 0 spiro atoms. The van der Waals surface area contributed by atoms with Crippen LogP contribution in [0.1, 0.15) is 47.5 Å². The predicted octanol–water partition coefficient (Wildman–Crippen LogP) is 2.59. The quantitative estimate of drug-likeness (QED) is 0.778. The molecule has 102 valence electrons. The number of ether oxygens (including phenoxy) is 2. The van der Waals surface area contributed by atoms with Gasteiger partial charge in [0, 0.05) is 25.8 Å². The highest BCUT2D eigenvalue weighted by molar-refractivity contribution is 4.81. The van der Waals surface area contributed by atoms with Gasteiger partial charge in [0.25, 0.3) is 0 Å². The van der Waals surface area contributed by atoms with Crippen molar-refractivity contribution in [3.05, 3.63) is 0 Å². The van der Waals surface area contributed by atoms with Gasteiger partial charge < -0.3 is 14.8 Å². The maximum absolute atomic E-state index is 5.78. The van der Waals surface area contributed by atoms with Gasteiger partial charge in [0.2, 0.25) is 0 Å². The molecule has 0 bridgehead atoms. The lowest BCUT2D eigenvalue weighted by molar-refractivity contribution is -0.0373. The lowest BCUT2D eigenvalue weighted by Crippen LogP contribution is -2.46. The van der Waals surface area contributed by atoms with E-state index in [-0.39, 0.29) is 5.60 Å². The fraction of sp³-hybridized carbons (Fsp3) is 1.00.